The fraction of sp³-hybridized carbons (Fsp3) is 0.429. The number of fused-ring (bicyclic) bond motifs is 1. The van der Waals surface area contributed by atoms with Crippen LogP contribution in [0.2, 0.25) is 0 Å². The lowest BCUT2D eigenvalue weighted by atomic mass is 10.2. The molecular weight excluding hydrogens is 226 g/mol. The molecular formula is C14H17N3O. The lowest BCUT2D eigenvalue weighted by Gasteiger charge is -2.16. The third kappa shape index (κ3) is 1.73. The Hall–Kier alpha value is -1.68. The molecule has 2 N–H and O–H groups in total. The monoisotopic (exact) mass is 243 g/mol. The predicted octanol–water partition coefficient (Wildman–Crippen LogP) is 2.14. The van der Waals surface area contributed by atoms with Crippen molar-refractivity contribution < 1.29 is 0 Å². The van der Waals surface area contributed by atoms with E-state index in [2.05, 4.69) is 4.98 Å². The van der Waals surface area contributed by atoms with Crippen molar-refractivity contribution in [3.63, 3.8) is 0 Å². The van der Waals surface area contributed by atoms with E-state index in [0.717, 1.165) is 30.6 Å². The van der Waals surface area contributed by atoms with E-state index in [4.69, 9.17) is 5.73 Å². The molecule has 18 heavy (non-hydrogen) atoms. The summed E-state index contributed by atoms with van der Waals surface area (Å²) < 4.78 is 1.82. The van der Waals surface area contributed by atoms with Crippen LogP contribution in [0.1, 0.15) is 44.1 Å². The number of aromatic nitrogens is 2. The minimum Gasteiger partial charge on any atom is -0.321 e. The summed E-state index contributed by atoms with van der Waals surface area (Å²) >= 11 is 0. The summed E-state index contributed by atoms with van der Waals surface area (Å²) in [5.74, 6) is 0.740. The standard InChI is InChI=1S/C14H17N3O/c1-2-11(15)13-16-12-6-4-3-5-10(12)14(18)17(13)9-7-8-9/h3-6,9,11H,2,7-8,15H2,1H3/t11-/m0/s1. The first-order valence-corrected chi connectivity index (χ1v) is 6.49. The molecule has 0 amide bonds. The second kappa shape index (κ2) is 4.21. The van der Waals surface area contributed by atoms with Gasteiger partial charge in [-0.25, -0.2) is 4.98 Å². The Morgan fingerprint density at radius 3 is 2.83 bits per heavy atom. The van der Waals surface area contributed by atoms with Crippen LogP contribution in [0, 0.1) is 0 Å². The molecule has 1 atom stereocenters. The molecule has 3 rings (SSSR count). The molecule has 0 aliphatic heterocycles. The topological polar surface area (TPSA) is 60.9 Å². The van der Waals surface area contributed by atoms with E-state index in [1.165, 1.54) is 0 Å². The van der Waals surface area contributed by atoms with Crippen molar-refractivity contribution in [3.05, 3.63) is 40.4 Å². The van der Waals surface area contributed by atoms with Gasteiger partial charge in [0.1, 0.15) is 5.82 Å². The molecule has 0 radical (unpaired) electrons. The Labute approximate surface area is 105 Å². The Morgan fingerprint density at radius 2 is 2.17 bits per heavy atom. The average Bonchev–Trinajstić information content (AvgIpc) is 3.22. The zero-order chi connectivity index (χ0) is 12.7. The van der Waals surface area contributed by atoms with E-state index >= 15 is 0 Å². The van der Waals surface area contributed by atoms with E-state index in [-0.39, 0.29) is 11.6 Å². The normalized spacial score (nSPS) is 17.0. The van der Waals surface area contributed by atoms with Crippen LogP contribution in [-0.4, -0.2) is 9.55 Å². The molecule has 4 heteroatoms. The zero-order valence-electron chi connectivity index (χ0n) is 10.5. The highest BCUT2D eigenvalue weighted by Crippen LogP contribution is 2.35. The molecule has 1 aromatic heterocycles. The summed E-state index contributed by atoms with van der Waals surface area (Å²) in [5.41, 5.74) is 6.90. The third-order valence-corrected chi connectivity index (χ3v) is 3.52. The highest BCUT2D eigenvalue weighted by atomic mass is 16.1. The molecule has 1 aromatic carbocycles. The van der Waals surface area contributed by atoms with E-state index in [0.29, 0.717) is 11.4 Å². The molecule has 1 fully saturated rings. The van der Waals surface area contributed by atoms with Gasteiger partial charge in [0.25, 0.3) is 5.56 Å². The van der Waals surface area contributed by atoms with Gasteiger partial charge in [-0.05, 0) is 31.4 Å². The molecule has 0 saturated heterocycles. The largest absolute Gasteiger partial charge is 0.321 e. The van der Waals surface area contributed by atoms with Crippen LogP contribution < -0.4 is 11.3 Å². The Balaban J connectivity index is 2.32. The highest BCUT2D eigenvalue weighted by molar-refractivity contribution is 5.77. The van der Waals surface area contributed by atoms with E-state index < -0.39 is 0 Å². The Kier molecular flexibility index (Phi) is 2.67. The number of nitrogens with zero attached hydrogens (tertiary/aromatic N) is 2. The lowest BCUT2D eigenvalue weighted by Crippen LogP contribution is -2.28. The van der Waals surface area contributed by atoms with Crippen molar-refractivity contribution in [2.45, 2.75) is 38.3 Å². The molecule has 0 bridgehead atoms. The fourth-order valence-electron chi connectivity index (χ4n) is 2.29. The van der Waals surface area contributed by atoms with Crippen LogP contribution in [0.4, 0.5) is 0 Å². The van der Waals surface area contributed by atoms with Gasteiger partial charge in [-0.2, -0.15) is 0 Å². The second-order valence-corrected chi connectivity index (χ2v) is 4.91. The van der Waals surface area contributed by atoms with Gasteiger partial charge < -0.3 is 5.73 Å². The summed E-state index contributed by atoms with van der Waals surface area (Å²) in [5, 5.41) is 0.691. The average molecular weight is 243 g/mol. The van der Waals surface area contributed by atoms with Crippen molar-refractivity contribution >= 4 is 10.9 Å². The summed E-state index contributed by atoms with van der Waals surface area (Å²) in [6.07, 6.45) is 2.91. The van der Waals surface area contributed by atoms with Gasteiger partial charge in [0, 0.05) is 6.04 Å². The maximum atomic E-state index is 12.5. The van der Waals surface area contributed by atoms with Gasteiger partial charge in [0.15, 0.2) is 0 Å². The molecule has 2 aromatic rings. The number of hydrogen-bond donors (Lipinski definition) is 1. The van der Waals surface area contributed by atoms with Crippen molar-refractivity contribution in [2.75, 3.05) is 0 Å². The zero-order valence-corrected chi connectivity index (χ0v) is 10.5. The molecule has 0 spiro atoms. The smallest absolute Gasteiger partial charge is 0.261 e. The van der Waals surface area contributed by atoms with Crippen LogP contribution in [0.3, 0.4) is 0 Å². The Bertz CT molecular complexity index is 643. The quantitative estimate of drug-likeness (QED) is 0.898. The van der Waals surface area contributed by atoms with Crippen molar-refractivity contribution in [1.29, 1.82) is 0 Å². The van der Waals surface area contributed by atoms with Crippen molar-refractivity contribution in [3.8, 4) is 0 Å². The molecule has 4 nitrogen and oxygen atoms in total. The highest BCUT2D eigenvalue weighted by Gasteiger charge is 2.29. The number of benzene rings is 1. The van der Waals surface area contributed by atoms with Crippen LogP contribution >= 0.6 is 0 Å². The number of hydrogen-bond acceptors (Lipinski definition) is 3. The summed E-state index contributed by atoms with van der Waals surface area (Å²) in [6.45, 7) is 2.02. The summed E-state index contributed by atoms with van der Waals surface area (Å²) in [6, 6.07) is 7.63. The maximum absolute atomic E-state index is 12.5. The van der Waals surface area contributed by atoms with Crippen molar-refractivity contribution in [1.82, 2.24) is 9.55 Å². The summed E-state index contributed by atoms with van der Waals surface area (Å²) in [7, 11) is 0. The first-order valence-electron chi connectivity index (χ1n) is 6.49. The second-order valence-electron chi connectivity index (χ2n) is 4.91. The van der Waals surface area contributed by atoms with E-state index in [9.17, 15) is 4.79 Å². The molecule has 94 valence electrons. The SMILES string of the molecule is CC[C@H](N)c1nc2ccccc2c(=O)n1C1CC1. The molecule has 0 unspecified atom stereocenters. The first kappa shape index (κ1) is 11.4. The van der Waals surface area contributed by atoms with Gasteiger partial charge in [0.2, 0.25) is 0 Å². The van der Waals surface area contributed by atoms with E-state index in [1.807, 2.05) is 35.8 Å². The predicted molar refractivity (Wildman–Crippen MR) is 71.5 cm³/mol. The lowest BCUT2D eigenvalue weighted by molar-refractivity contribution is 0.558. The third-order valence-electron chi connectivity index (χ3n) is 3.52. The van der Waals surface area contributed by atoms with E-state index in [1.54, 1.807) is 0 Å². The van der Waals surface area contributed by atoms with Crippen LogP contribution in [-0.2, 0) is 0 Å². The van der Waals surface area contributed by atoms with Crippen LogP contribution in [0.25, 0.3) is 10.9 Å². The number of para-hydroxylation sites is 1. The van der Waals surface area contributed by atoms with Gasteiger partial charge >= 0.3 is 0 Å². The van der Waals surface area contributed by atoms with Gasteiger partial charge in [-0.1, -0.05) is 19.1 Å². The fourth-order valence-corrected chi connectivity index (χ4v) is 2.29. The minimum absolute atomic E-state index is 0.0574. The summed E-state index contributed by atoms with van der Waals surface area (Å²) in [4.78, 5) is 17.1. The minimum atomic E-state index is -0.164. The maximum Gasteiger partial charge on any atom is 0.261 e. The number of nitrogens with two attached hydrogens (primary N) is 1. The first-order chi connectivity index (χ1) is 8.72. The van der Waals surface area contributed by atoms with Crippen LogP contribution in [0.15, 0.2) is 29.1 Å². The molecule has 1 saturated carbocycles. The molecule has 1 heterocycles. The number of rotatable bonds is 3. The molecule has 1 aliphatic carbocycles. The van der Waals surface area contributed by atoms with Gasteiger partial charge in [-0.3, -0.25) is 9.36 Å². The van der Waals surface area contributed by atoms with Gasteiger partial charge in [-0.15, -0.1) is 0 Å². The van der Waals surface area contributed by atoms with Crippen LogP contribution in [0.5, 0.6) is 0 Å². The van der Waals surface area contributed by atoms with Crippen molar-refractivity contribution in [2.24, 2.45) is 5.73 Å². The van der Waals surface area contributed by atoms with Gasteiger partial charge in [0.05, 0.1) is 16.9 Å². The molecule has 1 aliphatic rings. The Morgan fingerprint density at radius 1 is 1.44 bits per heavy atom.